The van der Waals surface area contributed by atoms with Crippen LogP contribution in [0, 0.1) is 0 Å². The second-order valence-corrected chi connectivity index (χ2v) is 6.75. The van der Waals surface area contributed by atoms with Crippen molar-refractivity contribution in [1.29, 1.82) is 0 Å². The number of rotatable bonds is 3. The Balaban J connectivity index is 2.33. The maximum absolute atomic E-state index is 12.2. The molecule has 1 heterocycles. The van der Waals surface area contributed by atoms with Gasteiger partial charge in [0.1, 0.15) is 0 Å². The highest BCUT2D eigenvalue weighted by Crippen LogP contribution is 2.19. The summed E-state index contributed by atoms with van der Waals surface area (Å²) in [5, 5.41) is 0. The minimum Gasteiger partial charge on any atom is -0.399 e. The van der Waals surface area contributed by atoms with Crippen LogP contribution in [0.2, 0.25) is 0 Å². The summed E-state index contributed by atoms with van der Waals surface area (Å²) >= 11 is 3.26. The Bertz CT molecular complexity index is 671. The maximum Gasteiger partial charge on any atom is 0.182 e. The van der Waals surface area contributed by atoms with Crippen LogP contribution >= 0.6 is 15.9 Å². The largest absolute Gasteiger partial charge is 0.399 e. The Morgan fingerprint density at radius 3 is 2.67 bits per heavy atom. The molecule has 0 radical (unpaired) electrons. The van der Waals surface area contributed by atoms with Gasteiger partial charge in [0.05, 0.1) is 10.6 Å². The monoisotopic (exact) mass is 326 g/mol. The van der Waals surface area contributed by atoms with Crippen molar-refractivity contribution in [3.05, 3.63) is 52.8 Å². The highest BCUT2D eigenvalue weighted by Gasteiger charge is 2.15. The molecule has 0 fully saturated rings. The number of benzene rings is 1. The number of anilines is 1. The van der Waals surface area contributed by atoms with Gasteiger partial charge < -0.3 is 5.73 Å². The lowest BCUT2D eigenvalue weighted by Crippen LogP contribution is -2.05. The first-order valence-corrected chi connectivity index (χ1v) is 7.60. The Labute approximate surface area is 114 Å². The molecule has 0 spiro atoms. The van der Waals surface area contributed by atoms with E-state index in [1.165, 1.54) is 18.3 Å². The van der Waals surface area contributed by atoms with Gasteiger partial charge in [-0.05, 0) is 45.8 Å². The van der Waals surface area contributed by atoms with E-state index in [1.54, 1.807) is 24.4 Å². The molecule has 18 heavy (non-hydrogen) atoms. The van der Waals surface area contributed by atoms with Gasteiger partial charge in [0, 0.05) is 22.6 Å². The molecule has 2 aromatic rings. The smallest absolute Gasteiger partial charge is 0.182 e. The first-order valence-electron chi connectivity index (χ1n) is 5.15. The van der Waals surface area contributed by atoms with E-state index < -0.39 is 9.84 Å². The highest BCUT2D eigenvalue weighted by atomic mass is 79.9. The van der Waals surface area contributed by atoms with Crippen molar-refractivity contribution in [2.45, 2.75) is 10.6 Å². The van der Waals surface area contributed by atoms with Crippen molar-refractivity contribution >= 4 is 31.5 Å². The van der Waals surface area contributed by atoms with E-state index in [-0.39, 0.29) is 10.6 Å². The van der Waals surface area contributed by atoms with Crippen LogP contribution in [0.25, 0.3) is 0 Å². The zero-order chi connectivity index (χ0) is 13.2. The predicted molar refractivity (Wildman–Crippen MR) is 73.7 cm³/mol. The number of pyridine rings is 1. The zero-order valence-corrected chi connectivity index (χ0v) is 11.8. The second-order valence-electron chi connectivity index (χ2n) is 3.84. The third kappa shape index (κ3) is 3.08. The van der Waals surface area contributed by atoms with Gasteiger partial charge in [0.2, 0.25) is 0 Å². The lowest BCUT2D eigenvalue weighted by Gasteiger charge is -2.05. The fourth-order valence-electron chi connectivity index (χ4n) is 1.55. The molecule has 2 rings (SSSR count). The van der Waals surface area contributed by atoms with Gasteiger partial charge >= 0.3 is 0 Å². The van der Waals surface area contributed by atoms with Crippen LogP contribution in [0.15, 0.2) is 52.1 Å². The molecule has 4 nitrogen and oxygen atoms in total. The number of nitrogens with two attached hydrogens (primary N) is 1. The number of hydrogen-bond acceptors (Lipinski definition) is 4. The summed E-state index contributed by atoms with van der Waals surface area (Å²) in [5.41, 5.74) is 6.65. The standard InChI is InChI=1S/C12H11BrN2O2S/c13-10-4-9(6-15-7-10)8-18(16,17)12-3-1-2-11(14)5-12/h1-7H,8,14H2. The molecule has 6 heteroatoms. The fourth-order valence-corrected chi connectivity index (χ4v) is 3.32. The molecular weight excluding hydrogens is 316 g/mol. The number of nitrogen functional groups attached to an aromatic ring is 1. The quantitative estimate of drug-likeness (QED) is 0.879. The topological polar surface area (TPSA) is 73.1 Å². The summed E-state index contributed by atoms with van der Waals surface area (Å²) in [6.45, 7) is 0. The molecular formula is C12H11BrN2O2S. The summed E-state index contributed by atoms with van der Waals surface area (Å²) in [6.07, 6.45) is 3.14. The molecule has 2 N–H and O–H groups in total. The second kappa shape index (κ2) is 5.07. The van der Waals surface area contributed by atoms with Crippen molar-refractivity contribution in [2.24, 2.45) is 0 Å². The highest BCUT2D eigenvalue weighted by molar-refractivity contribution is 9.10. The molecule has 0 saturated heterocycles. The number of hydrogen-bond donors (Lipinski definition) is 1. The van der Waals surface area contributed by atoms with Crippen LogP contribution in [0.4, 0.5) is 5.69 Å². The maximum atomic E-state index is 12.2. The van der Waals surface area contributed by atoms with Gasteiger partial charge in [-0.1, -0.05) is 6.07 Å². The number of halogens is 1. The van der Waals surface area contributed by atoms with E-state index in [4.69, 9.17) is 5.73 Å². The van der Waals surface area contributed by atoms with Crippen molar-refractivity contribution in [3.63, 3.8) is 0 Å². The van der Waals surface area contributed by atoms with Crippen molar-refractivity contribution in [1.82, 2.24) is 4.98 Å². The summed E-state index contributed by atoms with van der Waals surface area (Å²) in [5.74, 6) is -0.0944. The molecule has 0 aliphatic carbocycles. The predicted octanol–water partition coefficient (Wildman–Crippen LogP) is 2.40. The minimum atomic E-state index is -3.39. The van der Waals surface area contributed by atoms with Crippen LogP contribution in [-0.4, -0.2) is 13.4 Å². The van der Waals surface area contributed by atoms with Gasteiger partial charge in [-0.15, -0.1) is 0 Å². The molecule has 0 amide bonds. The number of aromatic nitrogens is 1. The zero-order valence-electron chi connectivity index (χ0n) is 9.38. The molecule has 0 saturated carbocycles. The van der Waals surface area contributed by atoms with Crippen LogP contribution < -0.4 is 5.73 Å². The third-order valence-corrected chi connectivity index (χ3v) is 4.45. The lowest BCUT2D eigenvalue weighted by atomic mass is 10.3. The Morgan fingerprint density at radius 2 is 2.00 bits per heavy atom. The molecule has 0 aliphatic heterocycles. The molecule has 0 atom stereocenters. The average Bonchev–Trinajstić information content (AvgIpc) is 2.28. The van der Waals surface area contributed by atoms with Crippen LogP contribution in [-0.2, 0) is 15.6 Å². The van der Waals surface area contributed by atoms with Crippen molar-refractivity contribution in [2.75, 3.05) is 5.73 Å². The van der Waals surface area contributed by atoms with E-state index >= 15 is 0 Å². The summed E-state index contributed by atoms with van der Waals surface area (Å²) in [7, 11) is -3.39. The van der Waals surface area contributed by atoms with E-state index in [1.807, 2.05) is 0 Å². The van der Waals surface area contributed by atoms with Crippen molar-refractivity contribution < 1.29 is 8.42 Å². The molecule has 0 unspecified atom stereocenters. The SMILES string of the molecule is Nc1cccc(S(=O)(=O)Cc2cncc(Br)c2)c1. The van der Waals surface area contributed by atoms with Gasteiger partial charge in [0.15, 0.2) is 9.84 Å². The Morgan fingerprint density at radius 1 is 1.22 bits per heavy atom. The van der Waals surface area contributed by atoms with E-state index in [2.05, 4.69) is 20.9 Å². The van der Waals surface area contributed by atoms with Gasteiger partial charge in [-0.25, -0.2) is 8.42 Å². The molecule has 94 valence electrons. The van der Waals surface area contributed by atoms with Crippen molar-refractivity contribution in [3.8, 4) is 0 Å². The molecule has 1 aromatic heterocycles. The average molecular weight is 327 g/mol. The van der Waals surface area contributed by atoms with Gasteiger partial charge in [-0.2, -0.15) is 0 Å². The summed E-state index contributed by atoms with van der Waals surface area (Å²) in [4.78, 5) is 4.17. The first kappa shape index (κ1) is 13.0. The van der Waals surface area contributed by atoms with Crippen LogP contribution in [0.5, 0.6) is 0 Å². The van der Waals surface area contributed by atoms with E-state index in [0.717, 1.165) is 4.47 Å². The number of nitrogens with zero attached hydrogens (tertiary/aromatic N) is 1. The van der Waals surface area contributed by atoms with Crippen LogP contribution in [0.3, 0.4) is 0 Å². The molecule has 0 bridgehead atoms. The fraction of sp³-hybridized carbons (Fsp3) is 0.0833. The van der Waals surface area contributed by atoms with E-state index in [9.17, 15) is 8.42 Å². The molecule has 1 aromatic carbocycles. The lowest BCUT2D eigenvalue weighted by molar-refractivity contribution is 0.595. The third-order valence-electron chi connectivity index (χ3n) is 2.34. The molecule has 0 aliphatic rings. The summed E-state index contributed by atoms with van der Waals surface area (Å²) in [6, 6.07) is 8.01. The minimum absolute atomic E-state index is 0.0944. The number of sulfone groups is 1. The van der Waals surface area contributed by atoms with Gasteiger partial charge in [-0.3, -0.25) is 4.98 Å². The Hall–Kier alpha value is -1.40. The first-order chi connectivity index (χ1) is 8.47. The van der Waals surface area contributed by atoms with E-state index in [0.29, 0.717) is 11.3 Å². The van der Waals surface area contributed by atoms with Gasteiger partial charge in [0.25, 0.3) is 0 Å². The summed E-state index contributed by atoms with van der Waals surface area (Å²) < 4.78 is 25.1. The van der Waals surface area contributed by atoms with Crippen LogP contribution in [0.1, 0.15) is 5.56 Å². The normalized spacial score (nSPS) is 11.4. The Kier molecular flexibility index (Phi) is 3.68.